The van der Waals surface area contributed by atoms with E-state index in [2.05, 4.69) is 26.3 Å². The van der Waals surface area contributed by atoms with E-state index in [9.17, 15) is 4.79 Å². The molecule has 2 aliphatic heterocycles. The molecule has 4 rings (SSSR count). The van der Waals surface area contributed by atoms with E-state index in [-0.39, 0.29) is 18.0 Å². The van der Waals surface area contributed by atoms with Crippen LogP contribution in [0.3, 0.4) is 0 Å². The first-order valence-electron chi connectivity index (χ1n) is 8.45. The van der Waals surface area contributed by atoms with Gasteiger partial charge in [0.2, 0.25) is 0 Å². The number of pyridine rings is 1. The van der Waals surface area contributed by atoms with Gasteiger partial charge >= 0.3 is 0 Å². The molecule has 2 aromatic rings. The van der Waals surface area contributed by atoms with Crippen molar-refractivity contribution in [2.75, 3.05) is 20.3 Å². The van der Waals surface area contributed by atoms with Gasteiger partial charge in [-0.25, -0.2) is 9.97 Å². The Balaban J connectivity index is 1.57. The number of carbonyl (C=O) groups is 1. The van der Waals surface area contributed by atoms with Crippen molar-refractivity contribution in [3.05, 3.63) is 41.3 Å². The summed E-state index contributed by atoms with van der Waals surface area (Å²) in [5.41, 5.74) is 2.22. The number of carbonyl (C=O) groups excluding carboxylic acids is 1. The molecule has 132 valence electrons. The average molecular weight is 350 g/mol. The molecule has 0 aromatic carbocycles. The first-order valence-corrected chi connectivity index (χ1v) is 8.45. The lowest BCUT2D eigenvalue weighted by Gasteiger charge is -2.22. The second-order valence-electron chi connectivity index (χ2n) is 6.49. The number of hydrogen-bond acceptors (Lipinski definition) is 7. The Hall–Kier alpha value is -2.89. The second-order valence-corrected chi connectivity index (χ2v) is 6.49. The van der Waals surface area contributed by atoms with Crippen molar-refractivity contribution >= 4 is 5.91 Å². The van der Waals surface area contributed by atoms with Crippen molar-refractivity contribution in [1.82, 2.24) is 25.2 Å². The van der Waals surface area contributed by atoms with Crippen LogP contribution < -0.4 is 5.32 Å². The summed E-state index contributed by atoms with van der Waals surface area (Å²) in [7, 11) is 1.68. The highest BCUT2D eigenvalue weighted by molar-refractivity contribution is 5.97. The van der Waals surface area contributed by atoms with Crippen LogP contribution in [0.1, 0.15) is 28.0 Å². The SMILES string of the molecule is COC[C@@H]1C[C@@H](N2Cc3cnc(-c4cc(C#N)ccn4)nc3C2=O)CN1. The average Bonchev–Trinajstić information content (AvgIpc) is 3.26. The first kappa shape index (κ1) is 16.6. The third-order valence-corrected chi connectivity index (χ3v) is 4.79. The summed E-state index contributed by atoms with van der Waals surface area (Å²) < 4.78 is 5.19. The van der Waals surface area contributed by atoms with Gasteiger partial charge in [0.15, 0.2) is 5.82 Å². The number of nitrogens with one attached hydrogen (secondary N) is 1. The van der Waals surface area contributed by atoms with Gasteiger partial charge in [0.05, 0.1) is 24.8 Å². The number of aromatic nitrogens is 3. The molecule has 0 saturated carbocycles. The van der Waals surface area contributed by atoms with Gasteiger partial charge in [-0.1, -0.05) is 0 Å². The van der Waals surface area contributed by atoms with Gasteiger partial charge in [-0.15, -0.1) is 0 Å². The standard InChI is InChI=1S/C18H18N6O2/c1-26-10-13-5-14(8-21-13)24-9-12-7-22-17(23-16(12)18(24)25)15-4-11(6-19)2-3-20-15/h2-4,7,13-14,21H,5,8-10H2,1H3/t13-,14+/m0/s1. The molecule has 2 aromatic heterocycles. The minimum atomic E-state index is -0.0787. The molecule has 2 atom stereocenters. The van der Waals surface area contributed by atoms with E-state index in [1.165, 1.54) is 0 Å². The van der Waals surface area contributed by atoms with Crippen molar-refractivity contribution in [2.24, 2.45) is 0 Å². The summed E-state index contributed by atoms with van der Waals surface area (Å²) in [6.07, 6.45) is 4.09. The van der Waals surface area contributed by atoms with Crippen LogP contribution in [0.15, 0.2) is 24.5 Å². The Labute approximate surface area is 150 Å². The number of amides is 1. The molecular weight excluding hydrogens is 332 g/mol. The zero-order valence-corrected chi connectivity index (χ0v) is 14.3. The number of ether oxygens (including phenoxy) is 1. The molecule has 26 heavy (non-hydrogen) atoms. The van der Waals surface area contributed by atoms with E-state index in [1.54, 1.807) is 31.6 Å². The maximum absolute atomic E-state index is 12.9. The van der Waals surface area contributed by atoms with Crippen molar-refractivity contribution in [2.45, 2.75) is 25.0 Å². The Kier molecular flexibility index (Phi) is 4.32. The molecule has 0 spiro atoms. The van der Waals surface area contributed by atoms with Crippen LogP contribution in [0.5, 0.6) is 0 Å². The molecular formula is C18H18N6O2. The molecule has 2 aliphatic rings. The number of nitriles is 1. The Morgan fingerprint density at radius 1 is 1.46 bits per heavy atom. The summed E-state index contributed by atoms with van der Waals surface area (Å²) in [6.45, 7) is 1.91. The molecule has 1 N–H and O–H groups in total. The largest absolute Gasteiger partial charge is 0.383 e. The van der Waals surface area contributed by atoms with E-state index in [0.29, 0.717) is 35.9 Å². The Morgan fingerprint density at radius 2 is 2.35 bits per heavy atom. The highest BCUT2D eigenvalue weighted by Gasteiger charge is 2.38. The summed E-state index contributed by atoms with van der Waals surface area (Å²) in [5, 5.41) is 12.4. The second kappa shape index (κ2) is 6.78. The lowest BCUT2D eigenvalue weighted by molar-refractivity contribution is 0.0707. The van der Waals surface area contributed by atoms with Crippen molar-refractivity contribution in [3.8, 4) is 17.6 Å². The Bertz CT molecular complexity index is 893. The number of fused-ring (bicyclic) bond motifs is 1. The fourth-order valence-corrected chi connectivity index (χ4v) is 3.50. The van der Waals surface area contributed by atoms with E-state index in [4.69, 9.17) is 10.00 Å². The smallest absolute Gasteiger partial charge is 0.273 e. The molecule has 4 heterocycles. The van der Waals surface area contributed by atoms with Crippen LogP contribution in [-0.2, 0) is 11.3 Å². The van der Waals surface area contributed by atoms with Gasteiger partial charge in [0, 0.05) is 43.7 Å². The number of nitrogens with zero attached hydrogens (tertiary/aromatic N) is 5. The molecule has 0 aliphatic carbocycles. The topological polar surface area (TPSA) is 104 Å². The monoisotopic (exact) mass is 350 g/mol. The fraction of sp³-hybridized carbons (Fsp3) is 0.389. The maximum Gasteiger partial charge on any atom is 0.273 e. The van der Waals surface area contributed by atoms with Gasteiger partial charge < -0.3 is 15.0 Å². The molecule has 0 radical (unpaired) electrons. The first-order chi connectivity index (χ1) is 12.7. The van der Waals surface area contributed by atoms with E-state index >= 15 is 0 Å². The van der Waals surface area contributed by atoms with Gasteiger partial charge in [-0.3, -0.25) is 9.78 Å². The third-order valence-electron chi connectivity index (χ3n) is 4.79. The maximum atomic E-state index is 12.9. The quantitative estimate of drug-likeness (QED) is 0.867. The van der Waals surface area contributed by atoms with Gasteiger partial charge in [0.25, 0.3) is 5.91 Å². The lowest BCUT2D eigenvalue weighted by Crippen LogP contribution is -2.37. The predicted octanol–water partition coefficient (Wildman–Crippen LogP) is 0.743. The molecule has 0 unspecified atom stereocenters. The minimum absolute atomic E-state index is 0.0787. The van der Waals surface area contributed by atoms with E-state index in [0.717, 1.165) is 18.5 Å². The summed E-state index contributed by atoms with van der Waals surface area (Å²) in [6, 6.07) is 5.70. The lowest BCUT2D eigenvalue weighted by atomic mass is 10.1. The number of hydrogen-bond donors (Lipinski definition) is 1. The molecule has 8 nitrogen and oxygen atoms in total. The number of rotatable bonds is 4. The van der Waals surface area contributed by atoms with Gasteiger partial charge in [-0.05, 0) is 18.6 Å². The highest BCUT2D eigenvalue weighted by Crippen LogP contribution is 2.27. The zero-order valence-electron chi connectivity index (χ0n) is 14.3. The van der Waals surface area contributed by atoms with Gasteiger partial charge in [0.1, 0.15) is 11.4 Å². The summed E-state index contributed by atoms with van der Waals surface area (Å²) in [4.78, 5) is 27.7. The highest BCUT2D eigenvalue weighted by atomic mass is 16.5. The molecule has 1 saturated heterocycles. The summed E-state index contributed by atoms with van der Waals surface area (Å²) >= 11 is 0. The van der Waals surface area contributed by atoms with Gasteiger partial charge in [-0.2, -0.15) is 5.26 Å². The zero-order chi connectivity index (χ0) is 18.1. The van der Waals surface area contributed by atoms with Crippen LogP contribution in [-0.4, -0.2) is 58.1 Å². The predicted molar refractivity (Wildman–Crippen MR) is 91.9 cm³/mol. The van der Waals surface area contributed by atoms with Crippen molar-refractivity contribution in [3.63, 3.8) is 0 Å². The van der Waals surface area contributed by atoms with E-state index in [1.807, 2.05) is 4.90 Å². The van der Waals surface area contributed by atoms with Crippen molar-refractivity contribution in [1.29, 1.82) is 5.26 Å². The minimum Gasteiger partial charge on any atom is -0.383 e. The number of methoxy groups -OCH3 is 1. The van der Waals surface area contributed by atoms with Crippen LogP contribution in [0, 0.1) is 11.3 Å². The van der Waals surface area contributed by atoms with Crippen LogP contribution in [0.4, 0.5) is 0 Å². The van der Waals surface area contributed by atoms with Crippen LogP contribution in [0.2, 0.25) is 0 Å². The van der Waals surface area contributed by atoms with Crippen LogP contribution in [0.25, 0.3) is 11.5 Å². The third kappa shape index (κ3) is 2.92. The normalized spacial score (nSPS) is 21.7. The van der Waals surface area contributed by atoms with Crippen LogP contribution >= 0.6 is 0 Å². The summed E-state index contributed by atoms with van der Waals surface area (Å²) in [5.74, 6) is 0.280. The van der Waals surface area contributed by atoms with Crippen molar-refractivity contribution < 1.29 is 9.53 Å². The fourth-order valence-electron chi connectivity index (χ4n) is 3.50. The Morgan fingerprint density at radius 3 is 3.15 bits per heavy atom. The van der Waals surface area contributed by atoms with E-state index < -0.39 is 0 Å². The molecule has 1 amide bonds. The molecule has 1 fully saturated rings. The molecule has 8 heteroatoms. The molecule has 0 bridgehead atoms.